The zero-order valence-electron chi connectivity index (χ0n) is 13.5. The Kier molecular flexibility index (Phi) is 4.39. The molecule has 0 bridgehead atoms. The molecule has 0 aromatic carbocycles. The Morgan fingerprint density at radius 3 is 2.92 bits per heavy atom. The summed E-state index contributed by atoms with van der Waals surface area (Å²) < 4.78 is 11.3. The van der Waals surface area contributed by atoms with Crippen LogP contribution in [0, 0.1) is 0 Å². The van der Waals surface area contributed by atoms with Gasteiger partial charge in [-0.1, -0.05) is 0 Å². The first-order valence-electron chi connectivity index (χ1n) is 8.29. The number of morpholine rings is 1. The van der Waals surface area contributed by atoms with E-state index in [1.165, 1.54) is 16.9 Å². The van der Waals surface area contributed by atoms with Gasteiger partial charge in [0, 0.05) is 37.1 Å². The van der Waals surface area contributed by atoms with Crippen LogP contribution >= 0.6 is 11.3 Å². The van der Waals surface area contributed by atoms with Crippen LogP contribution in [0.15, 0.2) is 33.9 Å². The molecule has 0 aliphatic carbocycles. The van der Waals surface area contributed by atoms with Gasteiger partial charge in [-0.05, 0) is 18.9 Å². The number of aromatic nitrogens is 1. The summed E-state index contributed by atoms with van der Waals surface area (Å²) in [4.78, 5) is 21.0. The van der Waals surface area contributed by atoms with Gasteiger partial charge in [-0.25, -0.2) is 4.98 Å². The number of carbonyl (C=O) groups excluding carboxylic acids is 1. The third kappa shape index (κ3) is 3.24. The summed E-state index contributed by atoms with van der Waals surface area (Å²) >= 11 is 1.46. The predicted octanol–water partition coefficient (Wildman–Crippen LogP) is 2.24. The fourth-order valence-corrected chi connectivity index (χ4v) is 4.09. The van der Waals surface area contributed by atoms with Crippen LogP contribution in [0.4, 0.5) is 0 Å². The van der Waals surface area contributed by atoms with Crippen molar-refractivity contribution in [2.24, 2.45) is 0 Å². The van der Waals surface area contributed by atoms with Crippen molar-refractivity contribution in [3.63, 3.8) is 0 Å². The summed E-state index contributed by atoms with van der Waals surface area (Å²) in [6.07, 6.45) is 5.42. The van der Waals surface area contributed by atoms with Crippen molar-refractivity contribution in [3.05, 3.63) is 40.7 Å². The molecule has 2 aromatic rings. The largest absolute Gasteiger partial charge is 0.472 e. The molecule has 0 saturated carbocycles. The van der Waals surface area contributed by atoms with Crippen molar-refractivity contribution in [1.82, 2.24) is 14.8 Å². The van der Waals surface area contributed by atoms with Gasteiger partial charge in [0.1, 0.15) is 5.69 Å². The Labute approximate surface area is 145 Å². The minimum absolute atomic E-state index is 0.0275. The third-order valence-corrected chi connectivity index (χ3v) is 5.53. The number of carbonyl (C=O) groups is 1. The average Bonchev–Trinajstić information content (AvgIpc) is 3.30. The maximum atomic E-state index is 12.6. The van der Waals surface area contributed by atoms with Crippen LogP contribution in [0.3, 0.4) is 0 Å². The van der Waals surface area contributed by atoms with Crippen molar-refractivity contribution < 1.29 is 13.9 Å². The monoisotopic (exact) mass is 347 g/mol. The molecule has 2 aromatic heterocycles. The van der Waals surface area contributed by atoms with E-state index in [2.05, 4.69) is 9.88 Å². The molecule has 4 heterocycles. The first-order chi connectivity index (χ1) is 11.7. The molecule has 2 fully saturated rings. The molecule has 2 aliphatic rings. The molecule has 2 saturated heterocycles. The number of nitrogens with zero attached hydrogens (tertiary/aromatic N) is 3. The van der Waals surface area contributed by atoms with Crippen LogP contribution in [-0.4, -0.2) is 59.1 Å². The molecule has 6 nitrogen and oxygen atoms in total. The highest BCUT2D eigenvalue weighted by molar-refractivity contribution is 7.07. The highest BCUT2D eigenvalue weighted by Gasteiger charge is 2.41. The standard InChI is InChI=1S/C17H21N3O3S/c21-16(15-11-24-13-18-15)20-6-8-23-17(12-20)2-4-19(5-3-17)9-14-1-7-22-10-14/h1,7,10-11,13H,2-6,8-9,12H2. The van der Waals surface area contributed by atoms with E-state index in [1.807, 2.05) is 16.3 Å². The van der Waals surface area contributed by atoms with E-state index in [9.17, 15) is 4.79 Å². The molecule has 0 unspecified atom stereocenters. The lowest BCUT2D eigenvalue weighted by atomic mass is 9.89. The van der Waals surface area contributed by atoms with Gasteiger partial charge in [0.25, 0.3) is 5.91 Å². The summed E-state index contributed by atoms with van der Waals surface area (Å²) in [5.41, 5.74) is 3.26. The number of hydrogen-bond acceptors (Lipinski definition) is 6. The van der Waals surface area contributed by atoms with Gasteiger partial charge in [0.05, 0.1) is 36.8 Å². The molecule has 0 atom stereocenters. The van der Waals surface area contributed by atoms with E-state index >= 15 is 0 Å². The van der Waals surface area contributed by atoms with Crippen molar-refractivity contribution in [1.29, 1.82) is 0 Å². The van der Waals surface area contributed by atoms with Crippen LogP contribution in [-0.2, 0) is 11.3 Å². The number of likely N-dealkylation sites (tertiary alicyclic amines) is 1. The van der Waals surface area contributed by atoms with E-state index < -0.39 is 0 Å². The Bertz CT molecular complexity index is 663. The normalized spacial score (nSPS) is 21.2. The van der Waals surface area contributed by atoms with Gasteiger partial charge in [0.2, 0.25) is 0 Å². The molecule has 1 amide bonds. The van der Waals surface area contributed by atoms with Gasteiger partial charge in [-0.3, -0.25) is 9.69 Å². The summed E-state index contributed by atoms with van der Waals surface area (Å²) in [7, 11) is 0. The second-order valence-corrected chi connectivity index (χ2v) is 7.26. The average molecular weight is 347 g/mol. The van der Waals surface area contributed by atoms with Gasteiger partial charge >= 0.3 is 0 Å². The van der Waals surface area contributed by atoms with Crippen LogP contribution in [0.1, 0.15) is 28.9 Å². The maximum absolute atomic E-state index is 12.6. The molecule has 128 valence electrons. The zero-order chi connectivity index (χ0) is 16.4. The minimum atomic E-state index is -0.198. The molecule has 0 radical (unpaired) electrons. The number of piperidine rings is 1. The van der Waals surface area contributed by atoms with Gasteiger partial charge in [-0.15, -0.1) is 11.3 Å². The fraction of sp³-hybridized carbons (Fsp3) is 0.529. The van der Waals surface area contributed by atoms with Crippen LogP contribution < -0.4 is 0 Å². The second-order valence-electron chi connectivity index (χ2n) is 6.54. The first-order valence-corrected chi connectivity index (χ1v) is 9.23. The Morgan fingerprint density at radius 1 is 1.33 bits per heavy atom. The van der Waals surface area contributed by atoms with Gasteiger partial charge in [0.15, 0.2) is 0 Å². The summed E-state index contributed by atoms with van der Waals surface area (Å²) in [6, 6.07) is 2.01. The lowest BCUT2D eigenvalue weighted by Gasteiger charge is -2.47. The van der Waals surface area contributed by atoms with Gasteiger partial charge in [-0.2, -0.15) is 0 Å². The maximum Gasteiger partial charge on any atom is 0.273 e. The Hall–Kier alpha value is -1.70. The molecule has 2 aliphatic heterocycles. The van der Waals surface area contributed by atoms with Crippen molar-refractivity contribution >= 4 is 17.2 Å². The lowest BCUT2D eigenvalue weighted by molar-refractivity contribution is -0.128. The molecule has 7 heteroatoms. The van der Waals surface area contributed by atoms with E-state index in [0.29, 0.717) is 25.4 Å². The lowest BCUT2D eigenvalue weighted by Crippen LogP contribution is -2.57. The highest BCUT2D eigenvalue weighted by atomic mass is 32.1. The summed E-state index contributed by atoms with van der Waals surface area (Å²) in [5.74, 6) is 0.0275. The number of rotatable bonds is 3. The molecule has 24 heavy (non-hydrogen) atoms. The van der Waals surface area contributed by atoms with E-state index in [4.69, 9.17) is 9.15 Å². The molecule has 4 rings (SSSR count). The first kappa shape index (κ1) is 15.8. The Morgan fingerprint density at radius 2 is 2.21 bits per heavy atom. The topological polar surface area (TPSA) is 58.8 Å². The fourth-order valence-electron chi connectivity index (χ4n) is 3.56. The number of thiazole rings is 1. The van der Waals surface area contributed by atoms with Crippen molar-refractivity contribution in [2.75, 3.05) is 32.8 Å². The number of hydrogen-bond donors (Lipinski definition) is 0. The quantitative estimate of drug-likeness (QED) is 0.852. The third-order valence-electron chi connectivity index (χ3n) is 4.94. The van der Waals surface area contributed by atoms with E-state index in [1.54, 1.807) is 18.0 Å². The smallest absolute Gasteiger partial charge is 0.273 e. The molecular formula is C17H21N3O3S. The zero-order valence-corrected chi connectivity index (χ0v) is 14.3. The van der Waals surface area contributed by atoms with E-state index in [-0.39, 0.29) is 11.5 Å². The number of furan rings is 1. The SMILES string of the molecule is O=C(c1cscn1)N1CCOC2(CCN(Cc3ccoc3)CC2)C1. The molecule has 1 spiro atoms. The number of amides is 1. The second kappa shape index (κ2) is 6.66. The minimum Gasteiger partial charge on any atom is -0.472 e. The van der Waals surface area contributed by atoms with E-state index in [0.717, 1.165) is 32.5 Å². The van der Waals surface area contributed by atoms with Crippen molar-refractivity contribution in [2.45, 2.75) is 25.0 Å². The summed E-state index contributed by atoms with van der Waals surface area (Å²) in [6.45, 7) is 4.79. The molecule has 0 N–H and O–H groups in total. The number of ether oxygens (including phenoxy) is 1. The van der Waals surface area contributed by atoms with Gasteiger partial charge < -0.3 is 14.1 Å². The van der Waals surface area contributed by atoms with Crippen molar-refractivity contribution in [3.8, 4) is 0 Å². The van der Waals surface area contributed by atoms with Crippen LogP contribution in [0.25, 0.3) is 0 Å². The Balaban J connectivity index is 1.36. The predicted molar refractivity (Wildman–Crippen MR) is 89.9 cm³/mol. The van der Waals surface area contributed by atoms with Crippen LogP contribution in [0.5, 0.6) is 0 Å². The highest BCUT2D eigenvalue weighted by Crippen LogP contribution is 2.31. The summed E-state index contributed by atoms with van der Waals surface area (Å²) in [5, 5.41) is 1.82. The molecular weight excluding hydrogens is 326 g/mol. The van der Waals surface area contributed by atoms with Crippen LogP contribution in [0.2, 0.25) is 0 Å².